The van der Waals surface area contributed by atoms with Crippen LogP contribution in [0, 0.1) is 0 Å². The molecule has 0 aliphatic carbocycles. The molecule has 0 spiro atoms. The predicted octanol–water partition coefficient (Wildman–Crippen LogP) is 15.5. The number of benzene rings is 9. The minimum Gasteiger partial charge on any atom is -0.309 e. The molecule has 1 aromatic heterocycles. The molecule has 0 N–H and O–H groups in total. The van der Waals surface area contributed by atoms with E-state index >= 15 is 0 Å². The van der Waals surface area contributed by atoms with Crippen molar-refractivity contribution in [2.45, 2.75) is 6.92 Å². The van der Waals surface area contributed by atoms with Gasteiger partial charge in [-0.25, -0.2) is 0 Å². The fourth-order valence-corrected chi connectivity index (χ4v) is 10.2. The molecular weight excluding hydrogens is 675 g/mol. The van der Waals surface area contributed by atoms with Crippen LogP contribution in [0.15, 0.2) is 189 Å². The molecule has 0 radical (unpaired) electrons. The Morgan fingerprint density at radius 2 is 1.02 bits per heavy atom. The van der Waals surface area contributed by atoms with Gasteiger partial charge in [0.1, 0.15) is 0 Å². The molecule has 0 aliphatic heterocycles. The average Bonchev–Trinajstić information content (AvgIpc) is 3.88. The van der Waals surface area contributed by atoms with E-state index in [9.17, 15) is 0 Å². The quantitative estimate of drug-likeness (QED) is 0.124. The molecule has 260 valence electrons. The summed E-state index contributed by atoms with van der Waals surface area (Å²) < 4.78 is 2.46. The predicted molar refractivity (Wildman–Crippen MR) is 244 cm³/mol. The summed E-state index contributed by atoms with van der Waals surface area (Å²) in [5.41, 5.74) is 8.29. The first kappa shape index (κ1) is 31.2. The molecule has 0 bridgehead atoms. The molecule has 0 aliphatic rings. The second kappa shape index (κ2) is 11.6. The Balaban J connectivity index is 1.40. The monoisotopic (exact) mass is 709 g/mol. The van der Waals surface area contributed by atoms with Crippen molar-refractivity contribution in [2.75, 3.05) is 0 Å². The lowest BCUT2D eigenvalue weighted by molar-refractivity contribution is 1.18. The maximum Gasteiger partial charge on any atom is 0.0553 e. The van der Waals surface area contributed by atoms with Crippen molar-refractivity contribution >= 4 is 103 Å². The first-order valence-electron chi connectivity index (χ1n) is 19.5. The van der Waals surface area contributed by atoms with E-state index in [4.69, 9.17) is 6.58 Å². The molecule has 56 heavy (non-hydrogen) atoms. The highest BCUT2D eigenvalue weighted by Crippen LogP contribution is 2.55. The molecule has 0 unspecified atom stereocenters. The van der Waals surface area contributed by atoms with Gasteiger partial charge in [0.15, 0.2) is 0 Å². The first-order valence-corrected chi connectivity index (χ1v) is 19.5. The number of fused-ring (bicyclic) bond motifs is 12. The third-order valence-corrected chi connectivity index (χ3v) is 12.3. The summed E-state index contributed by atoms with van der Waals surface area (Å²) in [4.78, 5) is 0. The van der Waals surface area contributed by atoms with Crippen LogP contribution in [0.1, 0.15) is 12.5 Å². The SMILES string of the molecule is C=C(/C=C\C=C/C)c1c2cc3c4ccccc4c4cccc(c2c(-c2ccccc2)c2c5cccc6c5c(cc5c6c6ccccc6n5-c5ccccc5)c12)c43. The zero-order chi connectivity index (χ0) is 37.1. The Morgan fingerprint density at radius 3 is 1.77 bits per heavy atom. The van der Waals surface area contributed by atoms with Gasteiger partial charge in [-0.05, 0) is 135 Å². The van der Waals surface area contributed by atoms with Crippen molar-refractivity contribution < 1.29 is 0 Å². The Kier molecular flexibility index (Phi) is 6.48. The fourth-order valence-electron chi connectivity index (χ4n) is 10.2. The van der Waals surface area contributed by atoms with Gasteiger partial charge in [-0.15, -0.1) is 0 Å². The number of para-hydroxylation sites is 2. The van der Waals surface area contributed by atoms with Gasteiger partial charge in [-0.3, -0.25) is 0 Å². The van der Waals surface area contributed by atoms with Gasteiger partial charge in [0.05, 0.1) is 11.0 Å². The molecule has 0 saturated carbocycles. The zero-order valence-corrected chi connectivity index (χ0v) is 31.0. The van der Waals surface area contributed by atoms with Crippen LogP contribution in [0.25, 0.3) is 120 Å². The maximum atomic E-state index is 4.88. The van der Waals surface area contributed by atoms with Crippen molar-refractivity contribution in [1.29, 1.82) is 0 Å². The van der Waals surface area contributed by atoms with Crippen LogP contribution >= 0.6 is 0 Å². The lowest BCUT2D eigenvalue weighted by atomic mass is 9.84. The standard InChI is InChI=1S/C55H35N/c1-3-4-7-18-33(2)48-44-31-43-37-24-13-12-23-36(37)38-26-16-28-41(50(38)43)53(44)49(34-19-8-5-9-20-34)54-42-29-17-27-40-51(42)45(55(48)54)32-47-52(40)39-25-14-15-30-46(39)56(47)35-21-10-6-11-22-35/h3-32H,2H2,1H3/b4-3-,18-7-. The van der Waals surface area contributed by atoms with Crippen LogP contribution < -0.4 is 0 Å². The van der Waals surface area contributed by atoms with Gasteiger partial charge >= 0.3 is 0 Å². The van der Waals surface area contributed by atoms with Gasteiger partial charge in [0, 0.05) is 16.5 Å². The van der Waals surface area contributed by atoms with E-state index in [0.29, 0.717) is 0 Å². The smallest absolute Gasteiger partial charge is 0.0553 e. The molecule has 0 atom stereocenters. The molecule has 0 saturated heterocycles. The van der Waals surface area contributed by atoms with Gasteiger partial charge in [0.2, 0.25) is 0 Å². The molecule has 1 heterocycles. The number of hydrogen-bond acceptors (Lipinski definition) is 0. The highest BCUT2D eigenvalue weighted by Gasteiger charge is 2.28. The van der Waals surface area contributed by atoms with Gasteiger partial charge in [-0.1, -0.05) is 158 Å². The summed E-state index contributed by atoms with van der Waals surface area (Å²) in [5.74, 6) is 0. The van der Waals surface area contributed by atoms with E-state index in [-0.39, 0.29) is 0 Å². The summed E-state index contributed by atoms with van der Waals surface area (Å²) >= 11 is 0. The van der Waals surface area contributed by atoms with Gasteiger partial charge in [-0.2, -0.15) is 0 Å². The number of rotatable bonds is 5. The van der Waals surface area contributed by atoms with Crippen molar-refractivity contribution in [3.05, 3.63) is 194 Å². The maximum absolute atomic E-state index is 4.88. The van der Waals surface area contributed by atoms with E-state index in [0.717, 1.165) is 11.3 Å². The minimum absolute atomic E-state index is 1.00. The topological polar surface area (TPSA) is 4.93 Å². The Morgan fingerprint density at radius 1 is 0.429 bits per heavy atom. The zero-order valence-electron chi connectivity index (χ0n) is 31.0. The van der Waals surface area contributed by atoms with E-state index in [1.54, 1.807) is 0 Å². The second-order valence-corrected chi connectivity index (χ2v) is 15.1. The normalized spacial score (nSPS) is 12.7. The first-order chi connectivity index (χ1) is 27.7. The number of aromatic nitrogens is 1. The highest BCUT2D eigenvalue weighted by atomic mass is 15.0. The van der Waals surface area contributed by atoms with Crippen LogP contribution in [0.4, 0.5) is 0 Å². The minimum atomic E-state index is 1.00. The average molecular weight is 710 g/mol. The Hall–Kier alpha value is -7.22. The Labute approximate surface area is 324 Å². The lowest BCUT2D eigenvalue weighted by Gasteiger charge is -2.19. The third kappa shape index (κ3) is 4.04. The fraction of sp³-hybridized carbons (Fsp3) is 0.0182. The van der Waals surface area contributed by atoms with E-state index in [1.165, 1.54) is 114 Å². The summed E-state index contributed by atoms with van der Waals surface area (Å²) in [6, 6.07) is 58.5. The van der Waals surface area contributed by atoms with Crippen LogP contribution in [-0.2, 0) is 0 Å². The van der Waals surface area contributed by atoms with Crippen molar-refractivity contribution in [2.24, 2.45) is 0 Å². The molecule has 12 rings (SSSR count). The largest absolute Gasteiger partial charge is 0.309 e. The van der Waals surface area contributed by atoms with Gasteiger partial charge < -0.3 is 4.57 Å². The third-order valence-electron chi connectivity index (χ3n) is 12.3. The van der Waals surface area contributed by atoms with Crippen LogP contribution in [0.5, 0.6) is 0 Å². The van der Waals surface area contributed by atoms with Gasteiger partial charge in [0.25, 0.3) is 0 Å². The Bertz CT molecular complexity index is 3640. The van der Waals surface area contributed by atoms with Crippen molar-refractivity contribution in [3.8, 4) is 16.8 Å². The molecule has 12 aromatic rings. The molecule has 0 amide bonds. The summed E-state index contributed by atoms with van der Waals surface area (Å²) in [6.07, 6.45) is 8.51. The summed E-state index contributed by atoms with van der Waals surface area (Å²) in [5, 5.41) is 20.6. The molecular formula is C55H35N. The molecule has 1 nitrogen and oxygen atoms in total. The van der Waals surface area contributed by atoms with Crippen LogP contribution in [0.2, 0.25) is 0 Å². The number of allylic oxidation sites excluding steroid dienone is 5. The lowest BCUT2D eigenvalue weighted by Crippen LogP contribution is -1.94. The van der Waals surface area contributed by atoms with Crippen LogP contribution in [-0.4, -0.2) is 4.57 Å². The van der Waals surface area contributed by atoms with Crippen molar-refractivity contribution in [3.63, 3.8) is 0 Å². The summed E-state index contributed by atoms with van der Waals surface area (Å²) in [7, 11) is 0. The van der Waals surface area contributed by atoms with E-state index < -0.39 is 0 Å². The molecule has 0 fully saturated rings. The van der Waals surface area contributed by atoms with Crippen LogP contribution in [0.3, 0.4) is 0 Å². The molecule has 11 aromatic carbocycles. The molecule has 1 heteroatoms. The van der Waals surface area contributed by atoms with E-state index in [2.05, 4.69) is 194 Å². The second-order valence-electron chi connectivity index (χ2n) is 15.1. The van der Waals surface area contributed by atoms with E-state index in [1.807, 2.05) is 0 Å². The number of nitrogens with zero attached hydrogens (tertiary/aromatic N) is 1. The summed E-state index contributed by atoms with van der Waals surface area (Å²) in [6.45, 7) is 6.94. The van der Waals surface area contributed by atoms with Crippen molar-refractivity contribution in [1.82, 2.24) is 4.57 Å². The highest BCUT2D eigenvalue weighted by molar-refractivity contribution is 6.45. The number of hydrogen-bond donors (Lipinski definition) is 0.